The molecule has 1 atom stereocenters. The number of halogens is 4. The Morgan fingerprint density at radius 2 is 2.00 bits per heavy atom. The van der Waals surface area contributed by atoms with E-state index in [1.807, 2.05) is 0 Å². The summed E-state index contributed by atoms with van der Waals surface area (Å²) >= 11 is 0. The highest BCUT2D eigenvalue weighted by atomic mass is 19.4. The van der Waals surface area contributed by atoms with Crippen molar-refractivity contribution in [3.8, 4) is 0 Å². The molecule has 0 amide bonds. The second-order valence-electron chi connectivity index (χ2n) is 4.10. The molecule has 2 N–H and O–H groups in total. The van der Waals surface area contributed by atoms with Gasteiger partial charge < -0.3 is 10.4 Å². The molecule has 0 saturated heterocycles. The van der Waals surface area contributed by atoms with Crippen molar-refractivity contribution >= 4 is 11.7 Å². The van der Waals surface area contributed by atoms with Crippen LogP contribution in [-0.4, -0.2) is 23.3 Å². The Kier molecular flexibility index (Phi) is 4.39. The third-order valence-corrected chi connectivity index (χ3v) is 2.65. The van der Waals surface area contributed by atoms with E-state index in [-0.39, 0.29) is 17.7 Å². The van der Waals surface area contributed by atoms with Crippen LogP contribution in [0.4, 0.5) is 23.2 Å². The number of nitrogens with one attached hydrogen (secondary N) is 1. The Morgan fingerprint density at radius 1 is 1.42 bits per heavy atom. The third-order valence-electron chi connectivity index (χ3n) is 2.65. The monoisotopic (exact) mass is 279 g/mol. The van der Waals surface area contributed by atoms with Crippen molar-refractivity contribution in [3.05, 3.63) is 29.1 Å². The van der Waals surface area contributed by atoms with E-state index in [9.17, 15) is 22.4 Å². The Labute approximate surface area is 107 Å². The number of carbonyl (C=O) groups is 1. The second-order valence-corrected chi connectivity index (χ2v) is 4.10. The molecule has 0 radical (unpaired) electrons. The summed E-state index contributed by atoms with van der Waals surface area (Å²) in [6, 6.07) is 0.133. The third kappa shape index (κ3) is 3.59. The van der Waals surface area contributed by atoms with Crippen LogP contribution < -0.4 is 5.32 Å². The quantitative estimate of drug-likeness (QED) is 0.828. The molecule has 3 nitrogen and oxygen atoms in total. The highest BCUT2D eigenvalue weighted by Crippen LogP contribution is 2.27. The number of aromatic carboxylic acids is 1. The number of carboxylic acids is 1. The van der Waals surface area contributed by atoms with E-state index in [0.29, 0.717) is 0 Å². The van der Waals surface area contributed by atoms with Gasteiger partial charge in [0.15, 0.2) is 0 Å². The molecule has 0 aromatic heterocycles. The van der Waals surface area contributed by atoms with E-state index in [2.05, 4.69) is 5.32 Å². The van der Waals surface area contributed by atoms with Gasteiger partial charge in [-0.05, 0) is 31.0 Å². The van der Waals surface area contributed by atoms with E-state index in [0.717, 1.165) is 6.07 Å². The summed E-state index contributed by atoms with van der Waals surface area (Å²) in [6.07, 6.45) is -4.67. The SMILES string of the molecule is CC[C@@H](Nc1cc(C)c(C(=O)O)c(F)c1)C(F)(F)F. The zero-order valence-electron chi connectivity index (χ0n) is 10.3. The van der Waals surface area contributed by atoms with Gasteiger partial charge in [-0.2, -0.15) is 13.2 Å². The highest BCUT2D eigenvalue weighted by Gasteiger charge is 2.38. The van der Waals surface area contributed by atoms with Crippen molar-refractivity contribution in [2.45, 2.75) is 32.5 Å². The molecule has 0 heterocycles. The first kappa shape index (κ1) is 15.3. The molecule has 0 aliphatic rings. The lowest BCUT2D eigenvalue weighted by atomic mass is 10.1. The van der Waals surface area contributed by atoms with E-state index >= 15 is 0 Å². The Hall–Kier alpha value is -1.79. The van der Waals surface area contributed by atoms with Crippen molar-refractivity contribution in [1.29, 1.82) is 0 Å². The number of anilines is 1. The second kappa shape index (κ2) is 5.46. The molecule has 0 aliphatic carbocycles. The van der Waals surface area contributed by atoms with Crippen molar-refractivity contribution in [3.63, 3.8) is 0 Å². The molecule has 0 unspecified atom stereocenters. The number of aryl methyl sites for hydroxylation is 1. The Balaban J connectivity index is 3.08. The molecule has 1 aromatic carbocycles. The fourth-order valence-corrected chi connectivity index (χ4v) is 1.71. The number of alkyl halides is 3. The van der Waals surface area contributed by atoms with Crippen molar-refractivity contribution in [2.24, 2.45) is 0 Å². The molecule has 0 saturated carbocycles. The summed E-state index contributed by atoms with van der Waals surface area (Å²) in [7, 11) is 0. The van der Waals surface area contributed by atoms with Gasteiger partial charge in [-0.3, -0.25) is 0 Å². The van der Waals surface area contributed by atoms with Crippen LogP contribution >= 0.6 is 0 Å². The van der Waals surface area contributed by atoms with E-state index in [1.165, 1.54) is 19.9 Å². The van der Waals surface area contributed by atoms with E-state index in [1.54, 1.807) is 0 Å². The van der Waals surface area contributed by atoms with Crippen molar-refractivity contribution in [2.75, 3.05) is 5.32 Å². The van der Waals surface area contributed by atoms with E-state index < -0.39 is 29.6 Å². The van der Waals surface area contributed by atoms with Gasteiger partial charge >= 0.3 is 12.1 Å². The van der Waals surface area contributed by atoms with Gasteiger partial charge in [-0.1, -0.05) is 6.92 Å². The van der Waals surface area contributed by atoms with Crippen molar-refractivity contribution < 1.29 is 27.5 Å². The first-order chi connectivity index (χ1) is 8.66. The first-order valence-corrected chi connectivity index (χ1v) is 5.53. The fraction of sp³-hybridized carbons (Fsp3) is 0.417. The minimum atomic E-state index is -4.45. The van der Waals surface area contributed by atoms with Gasteiger partial charge in [0, 0.05) is 5.69 Å². The van der Waals surface area contributed by atoms with Crippen LogP contribution in [0.1, 0.15) is 29.3 Å². The predicted molar refractivity (Wildman–Crippen MR) is 61.9 cm³/mol. The molecule has 1 rings (SSSR count). The smallest absolute Gasteiger partial charge is 0.408 e. The predicted octanol–water partition coefficient (Wildman–Crippen LogP) is 3.59. The number of benzene rings is 1. The summed E-state index contributed by atoms with van der Waals surface area (Å²) in [5.74, 6) is -2.52. The average Bonchev–Trinajstić information content (AvgIpc) is 2.22. The minimum Gasteiger partial charge on any atom is -0.478 e. The fourth-order valence-electron chi connectivity index (χ4n) is 1.71. The zero-order valence-corrected chi connectivity index (χ0v) is 10.3. The topological polar surface area (TPSA) is 49.3 Å². The van der Waals surface area contributed by atoms with Crippen LogP contribution in [0.25, 0.3) is 0 Å². The maximum atomic E-state index is 13.5. The van der Waals surface area contributed by atoms with Crippen LogP contribution in [0, 0.1) is 12.7 Å². The van der Waals surface area contributed by atoms with Gasteiger partial charge in [0.1, 0.15) is 11.9 Å². The van der Waals surface area contributed by atoms with E-state index in [4.69, 9.17) is 5.11 Å². The lowest BCUT2D eigenvalue weighted by molar-refractivity contribution is -0.142. The van der Waals surface area contributed by atoms with Gasteiger partial charge in [-0.25, -0.2) is 9.18 Å². The van der Waals surface area contributed by atoms with Crippen LogP contribution in [0.2, 0.25) is 0 Å². The normalized spacial score (nSPS) is 13.2. The standard InChI is InChI=1S/C12H13F4NO2/c1-3-9(12(14,15)16)17-7-4-6(2)10(11(18)19)8(13)5-7/h4-5,9,17H,3H2,1-2H3,(H,18,19)/t9-/m1/s1. The molecular weight excluding hydrogens is 266 g/mol. The average molecular weight is 279 g/mol. The molecule has 0 fully saturated rings. The highest BCUT2D eigenvalue weighted by molar-refractivity contribution is 5.90. The molecular formula is C12H13F4NO2. The number of hydrogen-bond donors (Lipinski definition) is 2. The minimum absolute atomic E-state index is 0.0621. The maximum absolute atomic E-state index is 13.5. The summed E-state index contributed by atoms with van der Waals surface area (Å²) in [5.41, 5.74) is -0.568. The maximum Gasteiger partial charge on any atom is 0.408 e. The lowest BCUT2D eigenvalue weighted by Gasteiger charge is -2.21. The molecule has 0 aliphatic heterocycles. The summed E-state index contributed by atoms with van der Waals surface area (Å²) < 4.78 is 51.2. The molecule has 0 spiro atoms. The number of carboxylic acid groups (broad SMARTS) is 1. The van der Waals surface area contributed by atoms with Gasteiger partial charge in [0.2, 0.25) is 0 Å². The lowest BCUT2D eigenvalue weighted by Crippen LogP contribution is -2.35. The molecule has 19 heavy (non-hydrogen) atoms. The Bertz CT molecular complexity index is 462. The van der Waals surface area contributed by atoms with Crippen LogP contribution in [-0.2, 0) is 0 Å². The van der Waals surface area contributed by atoms with Crippen LogP contribution in [0.5, 0.6) is 0 Å². The molecule has 7 heteroatoms. The summed E-state index contributed by atoms with van der Waals surface area (Å²) in [4.78, 5) is 10.8. The largest absolute Gasteiger partial charge is 0.478 e. The zero-order chi connectivity index (χ0) is 14.8. The van der Waals surface area contributed by atoms with Crippen LogP contribution in [0.3, 0.4) is 0 Å². The number of hydrogen-bond acceptors (Lipinski definition) is 2. The molecule has 0 bridgehead atoms. The molecule has 106 valence electrons. The Morgan fingerprint density at radius 3 is 2.37 bits per heavy atom. The van der Waals surface area contributed by atoms with Crippen LogP contribution in [0.15, 0.2) is 12.1 Å². The van der Waals surface area contributed by atoms with Gasteiger partial charge in [-0.15, -0.1) is 0 Å². The number of rotatable bonds is 4. The first-order valence-electron chi connectivity index (χ1n) is 5.53. The summed E-state index contributed by atoms with van der Waals surface area (Å²) in [5, 5.41) is 10.9. The van der Waals surface area contributed by atoms with Crippen molar-refractivity contribution in [1.82, 2.24) is 0 Å². The summed E-state index contributed by atoms with van der Waals surface area (Å²) in [6.45, 7) is 2.67. The van der Waals surface area contributed by atoms with Gasteiger partial charge in [0.25, 0.3) is 0 Å². The van der Waals surface area contributed by atoms with Gasteiger partial charge in [0.05, 0.1) is 5.56 Å². The molecule has 1 aromatic rings.